The first-order valence-electron chi connectivity index (χ1n) is 6.08. The highest BCUT2D eigenvalue weighted by Crippen LogP contribution is 2.16. The molecule has 5 heteroatoms. The second-order valence-corrected chi connectivity index (χ2v) is 4.16. The van der Waals surface area contributed by atoms with Crippen LogP contribution >= 0.6 is 0 Å². The summed E-state index contributed by atoms with van der Waals surface area (Å²) >= 11 is 0. The summed E-state index contributed by atoms with van der Waals surface area (Å²) in [7, 11) is 4.48. The minimum Gasteiger partial charge on any atom is -0.468 e. The molecule has 0 saturated carbocycles. The van der Waals surface area contributed by atoms with Gasteiger partial charge in [0.15, 0.2) is 6.29 Å². The summed E-state index contributed by atoms with van der Waals surface area (Å²) in [5.41, 5.74) is 0.840. The predicted molar refractivity (Wildman–Crippen MR) is 71.6 cm³/mol. The van der Waals surface area contributed by atoms with Gasteiger partial charge in [-0.1, -0.05) is 30.3 Å². The van der Waals surface area contributed by atoms with Gasteiger partial charge < -0.3 is 14.2 Å². The maximum absolute atomic E-state index is 11.9. The molecular formula is C14H21NO4. The molecule has 0 fully saturated rings. The Hall–Kier alpha value is -1.43. The third kappa shape index (κ3) is 4.31. The van der Waals surface area contributed by atoms with Gasteiger partial charge in [0.25, 0.3) is 0 Å². The molecule has 106 valence electrons. The van der Waals surface area contributed by atoms with Crippen molar-refractivity contribution in [2.45, 2.75) is 25.3 Å². The number of ether oxygens (including phenoxy) is 3. The normalized spacial score (nSPS) is 14.2. The van der Waals surface area contributed by atoms with Gasteiger partial charge in [0.05, 0.1) is 13.2 Å². The maximum atomic E-state index is 11.9. The van der Waals surface area contributed by atoms with Crippen molar-refractivity contribution in [3.8, 4) is 0 Å². The van der Waals surface area contributed by atoms with Gasteiger partial charge in [0.2, 0.25) is 0 Å². The lowest BCUT2D eigenvalue weighted by Crippen LogP contribution is -2.44. The van der Waals surface area contributed by atoms with E-state index in [1.807, 2.05) is 37.3 Å². The molecule has 2 atom stereocenters. The molecule has 0 spiro atoms. The number of carbonyl (C=O) groups is 1. The second kappa shape index (κ2) is 7.89. The molecule has 0 bridgehead atoms. The van der Waals surface area contributed by atoms with Crippen LogP contribution in [-0.2, 0) is 19.0 Å². The summed E-state index contributed by atoms with van der Waals surface area (Å²) < 4.78 is 15.2. The zero-order chi connectivity index (χ0) is 14.3. The molecule has 0 aliphatic rings. The van der Waals surface area contributed by atoms with Crippen molar-refractivity contribution in [3.05, 3.63) is 35.9 Å². The molecule has 0 aliphatic heterocycles. The van der Waals surface area contributed by atoms with Crippen molar-refractivity contribution >= 4 is 5.97 Å². The summed E-state index contributed by atoms with van der Waals surface area (Å²) in [6, 6.07) is 8.68. The number of carbonyl (C=O) groups excluding carboxylic acids is 1. The molecule has 5 nitrogen and oxygen atoms in total. The van der Waals surface area contributed by atoms with Crippen LogP contribution < -0.4 is 5.32 Å². The monoisotopic (exact) mass is 267 g/mol. The number of hydrogen-bond acceptors (Lipinski definition) is 5. The largest absolute Gasteiger partial charge is 0.468 e. The van der Waals surface area contributed by atoms with Crippen LogP contribution in [0.1, 0.15) is 18.5 Å². The van der Waals surface area contributed by atoms with E-state index in [1.54, 1.807) is 14.2 Å². The minimum atomic E-state index is -0.547. The topological polar surface area (TPSA) is 56.8 Å². The predicted octanol–water partition coefficient (Wildman–Crippen LogP) is 1.50. The summed E-state index contributed by atoms with van der Waals surface area (Å²) in [4.78, 5) is 11.9. The number of rotatable bonds is 7. The molecule has 1 rings (SSSR count). The van der Waals surface area contributed by atoms with E-state index >= 15 is 0 Å². The van der Waals surface area contributed by atoms with Crippen LogP contribution in [0.3, 0.4) is 0 Å². The number of nitrogens with one attached hydrogen (secondary N) is 1. The standard InChI is InChI=1S/C14H21NO4/c1-10(14(18-3)19-4)15-12(13(16)17-2)11-8-6-5-7-9-11/h5-10,12,14-15H,1-4H3. The molecule has 0 heterocycles. The zero-order valence-electron chi connectivity index (χ0n) is 11.8. The van der Waals surface area contributed by atoms with E-state index in [1.165, 1.54) is 7.11 Å². The van der Waals surface area contributed by atoms with Crippen LogP contribution in [0.25, 0.3) is 0 Å². The van der Waals surface area contributed by atoms with Gasteiger partial charge in [-0.3, -0.25) is 5.32 Å². The van der Waals surface area contributed by atoms with Crippen molar-refractivity contribution in [3.63, 3.8) is 0 Å². The van der Waals surface area contributed by atoms with E-state index in [0.717, 1.165) is 5.56 Å². The van der Waals surface area contributed by atoms with Gasteiger partial charge >= 0.3 is 5.97 Å². The smallest absolute Gasteiger partial charge is 0.327 e. The van der Waals surface area contributed by atoms with Crippen LogP contribution in [0.15, 0.2) is 30.3 Å². The van der Waals surface area contributed by atoms with Crippen LogP contribution in [0.4, 0.5) is 0 Å². The quantitative estimate of drug-likeness (QED) is 0.599. The first-order valence-corrected chi connectivity index (χ1v) is 6.08. The number of methoxy groups -OCH3 is 3. The lowest BCUT2D eigenvalue weighted by Gasteiger charge is -2.26. The van der Waals surface area contributed by atoms with Gasteiger partial charge in [-0.15, -0.1) is 0 Å². The Morgan fingerprint density at radius 3 is 2.16 bits per heavy atom. The maximum Gasteiger partial charge on any atom is 0.327 e. The Morgan fingerprint density at radius 1 is 1.11 bits per heavy atom. The molecule has 0 saturated heterocycles. The molecule has 0 aliphatic carbocycles. The van der Waals surface area contributed by atoms with Crippen LogP contribution in [0.5, 0.6) is 0 Å². The molecule has 2 unspecified atom stereocenters. The molecule has 0 radical (unpaired) electrons. The van der Waals surface area contributed by atoms with E-state index in [2.05, 4.69) is 5.32 Å². The fourth-order valence-corrected chi connectivity index (χ4v) is 1.91. The average molecular weight is 267 g/mol. The number of hydrogen-bond donors (Lipinski definition) is 1. The van der Waals surface area contributed by atoms with Crippen LogP contribution in [0.2, 0.25) is 0 Å². The van der Waals surface area contributed by atoms with Gasteiger partial charge in [0.1, 0.15) is 6.04 Å². The van der Waals surface area contributed by atoms with E-state index in [4.69, 9.17) is 14.2 Å². The van der Waals surface area contributed by atoms with Crippen molar-refractivity contribution in [1.29, 1.82) is 0 Å². The van der Waals surface area contributed by atoms with Crippen molar-refractivity contribution in [1.82, 2.24) is 5.32 Å². The lowest BCUT2D eigenvalue weighted by atomic mass is 10.1. The molecule has 0 aromatic heterocycles. The van der Waals surface area contributed by atoms with Gasteiger partial charge in [-0.25, -0.2) is 4.79 Å². The molecule has 1 aromatic carbocycles. The summed E-state index contributed by atoms with van der Waals surface area (Å²) in [6.07, 6.45) is -0.434. The lowest BCUT2D eigenvalue weighted by molar-refractivity contribution is -0.146. The van der Waals surface area contributed by atoms with E-state index in [0.29, 0.717) is 0 Å². The van der Waals surface area contributed by atoms with E-state index in [9.17, 15) is 4.79 Å². The Labute approximate surface area is 113 Å². The Balaban J connectivity index is 2.85. The van der Waals surface area contributed by atoms with E-state index < -0.39 is 12.3 Å². The van der Waals surface area contributed by atoms with Crippen LogP contribution in [0, 0.1) is 0 Å². The summed E-state index contributed by atoms with van der Waals surface area (Å²) in [6.45, 7) is 1.89. The second-order valence-electron chi connectivity index (χ2n) is 4.16. The zero-order valence-corrected chi connectivity index (χ0v) is 11.8. The van der Waals surface area contributed by atoms with Crippen molar-refractivity contribution in [2.75, 3.05) is 21.3 Å². The highest BCUT2D eigenvalue weighted by Gasteiger charge is 2.26. The molecular weight excluding hydrogens is 246 g/mol. The Morgan fingerprint density at radius 2 is 1.68 bits per heavy atom. The first-order chi connectivity index (χ1) is 9.13. The molecule has 1 N–H and O–H groups in total. The highest BCUT2D eigenvalue weighted by molar-refractivity contribution is 5.77. The highest BCUT2D eigenvalue weighted by atomic mass is 16.7. The summed E-state index contributed by atoms with van der Waals surface area (Å²) in [5.74, 6) is -0.344. The SMILES string of the molecule is COC(=O)C(NC(C)C(OC)OC)c1ccccc1. The van der Waals surface area contributed by atoms with Gasteiger partial charge in [0, 0.05) is 14.2 Å². The van der Waals surface area contributed by atoms with Gasteiger partial charge in [-0.2, -0.15) is 0 Å². The third-order valence-corrected chi connectivity index (χ3v) is 2.87. The van der Waals surface area contributed by atoms with E-state index in [-0.39, 0.29) is 12.0 Å². The fourth-order valence-electron chi connectivity index (χ4n) is 1.91. The van der Waals surface area contributed by atoms with Crippen molar-refractivity contribution in [2.24, 2.45) is 0 Å². The molecule has 19 heavy (non-hydrogen) atoms. The fraction of sp³-hybridized carbons (Fsp3) is 0.500. The first kappa shape index (κ1) is 15.6. The Kier molecular flexibility index (Phi) is 6.49. The van der Waals surface area contributed by atoms with Crippen LogP contribution in [-0.4, -0.2) is 39.6 Å². The number of esters is 1. The van der Waals surface area contributed by atoms with Gasteiger partial charge in [-0.05, 0) is 12.5 Å². The minimum absolute atomic E-state index is 0.167. The number of benzene rings is 1. The summed E-state index contributed by atoms with van der Waals surface area (Å²) in [5, 5.41) is 3.16. The molecule has 0 amide bonds. The molecule has 1 aromatic rings. The van der Waals surface area contributed by atoms with Crippen molar-refractivity contribution < 1.29 is 19.0 Å². The Bertz CT molecular complexity index is 378. The third-order valence-electron chi connectivity index (χ3n) is 2.87. The average Bonchev–Trinajstić information content (AvgIpc) is 2.46.